The fourth-order valence-corrected chi connectivity index (χ4v) is 3.61. The zero-order valence-electron chi connectivity index (χ0n) is 15.5. The minimum atomic E-state index is -3.63. The molecule has 8 heteroatoms. The molecule has 1 heterocycles. The standard InChI is InChI=1S/C17H27N5O2S/c1-13-17(14(2)22(5)19-13)20-25(23,24)16-8-6-15(7-9-16)12-18-10-11-21(3)4/h6-9,18,20H,10-12H2,1-5H3. The Labute approximate surface area is 150 Å². The highest BCUT2D eigenvalue weighted by Crippen LogP contribution is 2.22. The van der Waals surface area contributed by atoms with E-state index in [1.54, 1.807) is 30.8 Å². The van der Waals surface area contributed by atoms with Gasteiger partial charge in [0, 0.05) is 26.7 Å². The van der Waals surface area contributed by atoms with Gasteiger partial charge >= 0.3 is 0 Å². The van der Waals surface area contributed by atoms with Gasteiger partial charge in [0.1, 0.15) is 0 Å². The number of nitrogens with zero attached hydrogens (tertiary/aromatic N) is 3. The van der Waals surface area contributed by atoms with Crippen LogP contribution in [0, 0.1) is 13.8 Å². The van der Waals surface area contributed by atoms with Crippen molar-refractivity contribution in [1.82, 2.24) is 20.0 Å². The fraction of sp³-hybridized carbons (Fsp3) is 0.471. The summed E-state index contributed by atoms with van der Waals surface area (Å²) in [6, 6.07) is 6.93. The number of anilines is 1. The van der Waals surface area contributed by atoms with Crippen LogP contribution < -0.4 is 10.0 Å². The molecule has 0 aliphatic heterocycles. The predicted octanol–water partition coefficient (Wildman–Crippen LogP) is 1.49. The summed E-state index contributed by atoms with van der Waals surface area (Å²) in [7, 11) is 2.22. The van der Waals surface area contributed by atoms with Gasteiger partial charge in [0.05, 0.1) is 22.0 Å². The van der Waals surface area contributed by atoms with Crippen LogP contribution in [0.3, 0.4) is 0 Å². The first-order valence-electron chi connectivity index (χ1n) is 8.18. The van der Waals surface area contributed by atoms with Crippen LogP contribution in [-0.4, -0.2) is 50.3 Å². The van der Waals surface area contributed by atoms with Crippen molar-refractivity contribution in [3.8, 4) is 0 Å². The molecular weight excluding hydrogens is 338 g/mol. The first kappa shape index (κ1) is 19.4. The smallest absolute Gasteiger partial charge is 0.262 e. The monoisotopic (exact) mass is 365 g/mol. The van der Waals surface area contributed by atoms with Crippen LogP contribution in [0.5, 0.6) is 0 Å². The third-order valence-electron chi connectivity index (χ3n) is 4.04. The molecule has 2 rings (SSSR count). The molecule has 0 aliphatic rings. The second kappa shape index (κ2) is 7.99. The molecule has 25 heavy (non-hydrogen) atoms. The minimum absolute atomic E-state index is 0.243. The van der Waals surface area contributed by atoms with E-state index in [1.165, 1.54) is 0 Å². The molecule has 0 saturated heterocycles. The Hall–Kier alpha value is -1.90. The number of nitrogens with one attached hydrogen (secondary N) is 2. The largest absolute Gasteiger partial charge is 0.311 e. The molecule has 0 unspecified atom stereocenters. The van der Waals surface area contributed by atoms with Gasteiger partial charge in [-0.05, 0) is 45.6 Å². The zero-order chi connectivity index (χ0) is 18.6. The molecule has 7 nitrogen and oxygen atoms in total. The first-order valence-corrected chi connectivity index (χ1v) is 9.66. The maximum atomic E-state index is 12.6. The Bertz CT molecular complexity index is 810. The van der Waals surface area contributed by atoms with E-state index in [0.29, 0.717) is 17.9 Å². The normalized spacial score (nSPS) is 11.9. The van der Waals surface area contributed by atoms with E-state index < -0.39 is 10.0 Å². The lowest BCUT2D eigenvalue weighted by molar-refractivity contribution is 0.400. The second-order valence-corrected chi connectivity index (χ2v) is 8.08. The van der Waals surface area contributed by atoms with Gasteiger partial charge in [-0.1, -0.05) is 12.1 Å². The Morgan fingerprint density at radius 1 is 1.16 bits per heavy atom. The fourth-order valence-electron chi connectivity index (χ4n) is 2.44. The van der Waals surface area contributed by atoms with Crippen molar-refractivity contribution in [2.75, 3.05) is 31.9 Å². The van der Waals surface area contributed by atoms with Gasteiger partial charge in [-0.15, -0.1) is 0 Å². The number of aromatic nitrogens is 2. The Kier molecular flexibility index (Phi) is 6.21. The molecule has 0 aliphatic carbocycles. The Morgan fingerprint density at radius 2 is 1.80 bits per heavy atom. The van der Waals surface area contributed by atoms with Crippen molar-refractivity contribution in [2.24, 2.45) is 7.05 Å². The van der Waals surface area contributed by atoms with Crippen LogP contribution in [0.4, 0.5) is 5.69 Å². The minimum Gasteiger partial charge on any atom is -0.311 e. The average molecular weight is 366 g/mol. The predicted molar refractivity (Wildman–Crippen MR) is 100 cm³/mol. The summed E-state index contributed by atoms with van der Waals surface area (Å²) in [6.45, 7) is 6.17. The van der Waals surface area contributed by atoms with E-state index in [-0.39, 0.29) is 4.90 Å². The maximum absolute atomic E-state index is 12.6. The maximum Gasteiger partial charge on any atom is 0.262 e. The summed E-state index contributed by atoms with van der Waals surface area (Å²) in [5, 5.41) is 7.57. The summed E-state index contributed by atoms with van der Waals surface area (Å²) < 4.78 is 29.5. The third-order valence-corrected chi connectivity index (χ3v) is 5.41. The van der Waals surface area contributed by atoms with Gasteiger partial charge in [-0.25, -0.2) is 8.42 Å². The van der Waals surface area contributed by atoms with Crippen LogP contribution in [0.1, 0.15) is 17.0 Å². The van der Waals surface area contributed by atoms with Gasteiger partial charge < -0.3 is 10.2 Å². The molecule has 1 aromatic carbocycles. The molecule has 0 amide bonds. The molecule has 0 spiro atoms. The lowest BCUT2D eigenvalue weighted by Gasteiger charge is -2.11. The highest BCUT2D eigenvalue weighted by atomic mass is 32.2. The number of hydrogen-bond acceptors (Lipinski definition) is 5. The quantitative estimate of drug-likeness (QED) is 0.693. The molecule has 2 aromatic rings. The van der Waals surface area contributed by atoms with Gasteiger partial charge in [0.15, 0.2) is 0 Å². The molecular formula is C17H27N5O2S. The number of benzene rings is 1. The van der Waals surface area contributed by atoms with Crippen molar-refractivity contribution < 1.29 is 8.42 Å². The van der Waals surface area contributed by atoms with Crippen molar-refractivity contribution in [3.63, 3.8) is 0 Å². The summed E-state index contributed by atoms with van der Waals surface area (Å²) in [5.41, 5.74) is 3.02. The summed E-state index contributed by atoms with van der Waals surface area (Å²) in [6.07, 6.45) is 0. The summed E-state index contributed by atoms with van der Waals surface area (Å²) >= 11 is 0. The molecule has 0 saturated carbocycles. The first-order chi connectivity index (χ1) is 11.7. The van der Waals surface area contributed by atoms with E-state index in [2.05, 4.69) is 20.0 Å². The number of aryl methyl sites for hydroxylation is 2. The molecule has 0 atom stereocenters. The van der Waals surface area contributed by atoms with Crippen molar-refractivity contribution in [1.29, 1.82) is 0 Å². The van der Waals surface area contributed by atoms with Gasteiger partial charge in [-0.3, -0.25) is 9.40 Å². The van der Waals surface area contributed by atoms with Crippen molar-refractivity contribution in [3.05, 3.63) is 41.2 Å². The second-order valence-electron chi connectivity index (χ2n) is 6.40. The molecule has 0 bridgehead atoms. The van der Waals surface area contributed by atoms with Crippen molar-refractivity contribution in [2.45, 2.75) is 25.3 Å². The van der Waals surface area contributed by atoms with Crippen LogP contribution in [0.2, 0.25) is 0 Å². The highest BCUT2D eigenvalue weighted by Gasteiger charge is 2.19. The van der Waals surface area contributed by atoms with Crippen molar-refractivity contribution >= 4 is 15.7 Å². The number of sulfonamides is 1. The van der Waals surface area contributed by atoms with Gasteiger partial charge in [0.25, 0.3) is 10.0 Å². The van der Waals surface area contributed by atoms with E-state index >= 15 is 0 Å². The number of rotatable bonds is 8. The average Bonchev–Trinajstić information content (AvgIpc) is 2.78. The molecule has 1 aromatic heterocycles. The zero-order valence-corrected chi connectivity index (χ0v) is 16.3. The molecule has 138 valence electrons. The number of likely N-dealkylation sites (N-methyl/N-ethyl adjacent to an activating group) is 1. The van der Waals surface area contributed by atoms with E-state index in [0.717, 1.165) is 24.3 Å². The Morgan fingerprint density at radius 3 is 2.32 bits per heavy atom. The molecule has 0 fully saturated rings. The Balaban J connectivity index is 2.05. The lowest BCUT2D eigenvalue weighted by atomic mass is 10.2. The molecule has 0 radical (unpaired) electrons. The van der Waals surface area contributed by atoms with E-state index in [4.69, 9.17) is 0 Å². The SMILES string of the molecule is Cc1nn(C)c(C)c1NS(=O)(=O)c1ccc(CNCCN(C)C)cc1. The van der Waals surface area contributed by atoms with Gasteiger partial charge in [0.2, 0.25) is 0 Å². The molecule has 2 N–H and O–H groups in total. The van der Waals surface area contributed by atoms with Crippen LogP contribution in [0.25, 0.3) is 0 Å². The van der Waals surface area contributed by atoms with E-state index in [1.807, 2.05) is 33.2 Å². The third kappa shape index (κ3) is 5.04. The van der Waals surface area contributed by atoms with E-state index in [9.17, 15) is 8.42 Å². The summed E-state index contributed by atoms with van der Waals surface area (Å²) in [5.74, 6) is 0. The number of hydrogen-bond donors (Lipinski definition) is 2. The van der Waals surface area contributed by atoms with Crippen LogP contribution in [-0.2, 0) is 23.6 Å². The van der Waals surface area contributed by atoms with Crippen LogP contribution in [0.15, 0.2) is 29.2 Å². The lowest BCUT2D eigenvalue weighted by Crippen LogP contribution is -2.26. The van der Waals surface area contributed by atoms with Gasteiger partial charge in [-0.2, -0.15) is 5.10 Å². The summed E-state index contributed by atoms with van der Waals surface area (Å²) in [4.78, 5) is 2.35. The highest BCUT2D eigenvalue weighted by molar-refractivity contribution is 7.92. The van der Waals surface area contributed by atoms with Crippen LogP contribution >= 0.6 is 0 Å². The topological polar surface area (TPSA) is 79.3 Å².